The zero-order chi connectivity index (χ0) is 17.7. The first-order chi connectivity index (χ1) is 11.3. The van der Waals surface area contributed by atoms with Gasteiger partial charge in [-0.1, -0.05) is 0 Å². The number of primary amides is 1. The maximum Gasteiger partial charge on any atom is 0.220 e. The molecule has 2 rings (SSSR count). The van der Waals surface area contributed by atoms with E-state index in [2.05, 4.69) is 16.8 Å². The van der Waals surface area contributed by atoms with E-state index in [1.54, 1.807) is 11.4 Å². The molecule has 0 aliphatic carbocycles. The Morgan fingerprint density at radius 3 is 2.25 bits per heavy atom. The lowest BCUT2D eigenvalue weighted by molar-refractivity contribution is -0.123. The van der Waals surface area contributed by atoms with Crippen molar-refractivity contribution in [2.75, 3.05) is 52.6 Å². The molecule has 0 aromatic rings. The molecule has 0 atom stereocenters. The number of nitrogens with zero attached hydrogens (tertiary/aromatic N) is 3. The fourth-order valence-electron chi connectivity index (χ4n) is 3.64. The molecule has 7 nitrogen and oxygen atoms in total. The van der Waals surface area contributed by atoms with Gasteiger partial charge in [-0.15, -0.1) is 0 Å². The molecular formula is C16H32N4O3S. The highest BCUT2D eigenvalue weighted by Gasteiger charge is 2.29. The van der Waals surface area contributed by atoms with Crippen molar-refractivity contribution in [2.24, 2.45) is 11.7 Å². The molecule has 24 heavy (non-hydrogen) atoms. The monoisotopic (exact) mass is 360 g/mol. The van der Waals surface area contributed by atoms with Crippen LogP contribution in [-0.2, 0) is 14.8 Å². The van der Waals surface area contributed by atoms with Crippen molar-refractivity contribution in [3.8, 4) is 0 Å². The standard InChI is InChI=1S/C16H32N4O3S/c1-18-9-6-15(7-10-18)19(2)24(22,23)13-3-8-20-11-4-14(5-12-20)16(17)21/h14-15H,3-13H2,1-2H3,(H2,17,21). The molecule has 0 unspecified atom stereocenters. The normalized spacial score (nSPS) is 23.0. The summed E-state index contributed by atoms with van der Waals surface area (Å²) in [6, 6.07) is 0.137. The van der Waals surface area contributed by atoms with Crippen molar-refractivity contribution in [2.45, 2.75) is 38.1 Å². The average Bonchev–Trinajstić information content (AvgIpc) is 2.55. The second kappa shape index (κ2) is 8.60. The molecule has 2 saturated heterocycles. The van der Waals surface area contributed by atoms with Gasteiger partial charge in [0.15, 0.2) is 0 Å². The van der Waals surface area contributed by atoms with Gasteiger partial charge >= 0.3 is 0 Å². The van der Waals surface area contributed by atoms with Gasteiger partial charge in [-0.2, -0.15) is 0 Å². The van der Waals surface area contributed by atoms with Crippen LogP contribution < -0.4 is 5.73 Å². The molecule has 2 aliphatic rings. The van der Waals surface area contributed by atoms with Crippen molar-refractivity contribution >= 4 is 15.9 Å². The van der Waals surface area contributed by atoms with E-state index < -0.39 is 10.0 Å². The van der Waals surface area contributed by atoms with Gasteiger partial charge in [0, 0.05) is 19.0 Å². The first kappa shape index (κ1) is 19.6. The highest BCUT2D eigenvalue weighted by molar-refractivity contribution is 7.89. The fraction of sp³-hybridized carbons (Fsp3) is 0.938. The van der Waals surface area contributed by atoms with E-state index in [0.29, 0.717) is 6.42 Å². The van der Waals surface area contributed by atoms with Gasteiger partial charge < -0.3 is 15.5 Å². The van der Waals surface area contributed by atoms with Crippen molar-refractivity contribution in [3.05, 3.63) is 0 Å². The number of amides is 1. The summed E-state index contributed by atoms with van der Waals surface area (Å²) in [5.41, 5.74) is 5.34. The van der Waals surface area contributed by atoms with Crippen LogP contribution in [0.25, 0.3) is 0 Å². The predicted molar refractivity (Wildman–Crippen MR) is 95.0 cm³/mol. The van der Waals surface area contributed by atoms with E-state index in [0.717, 1.165) is 58.4 Å². The third-order valence-corrected chi connectivity index (χ3v) is 7.49. The van der Waals surface area contributed by atoms with E-state index in [1.807, 2.05) is 0 Å². The second-order valence-electron chi connectivity index (χ2n) is 7.24. The summed E-state index contributed by atoms with van der Waals surface area (Å²) in [5.74, 6) is -0.0245. The third-order valence-electron chi connectivity index (χ3n) is 5.51. The summed E-state index contributed by atoms with van der Waals surface area (Å²) < 4.78 is 26.7. The van der Waals surface area contributed by atoms with Crippen LogP contribution in [0.3, 0.4) is 0 Å². The number of likely N-dealkylation sites (tertiary alicyclic amines) is 2. The summed E-state index contributed by atoms with van der Waals surface area (Å²) in [6.45, 7) is 4.35. The minimum absolute atomic E-state index is 0.0134. The van der Waals surface area contributed by atoms with E-state index >= 15 is 0 Å². The Kier molecular flexibility index (Phi) is 7.03. The largest absolute Gasteiger partial charge is 0.369 e. The zero-order valence-electron chi connectivity index (χ0n) is 15.0. The van der Waals surface area contributed by atoms with Gasteiger partial charge in [0.25, 0.3) is 0 Å². The molecule has 2 fully saturated rings. The van der Waals surface area contributed by atoms with Gasteiger partial charge in [0.05, 0.1) is 5.75 Å². The van der Waals surface area contributed by atoms with E-state index in [9.17, 15) is 13.2 Å². The van der Waals surface area contributed by atoms with Crippen LogP contribution in [0.15, 0.2) is 0 Å². The first-order valence-corrected chi connectivity index (χ1v) is 10.6. The van der Waals surface area contributed by atoms with Gasteiger partial charge in [-0.05, 0) is 71.9 Å². The van der Waals surface area contributed by atoms with Crippen LogP contribution in [0.2, 0.25) is 0 Å². The zero-order valence-corrected chi connectivity index (χ0v) is 15.8. The van der Waals surface area contributed by atoms with Crippen LogP contribution in [0.4, 0.5) is 0 Å². The topological polar surface area (TPSA) is 87.0 Å². The molecule has 2 aliphatic heterocycles. The number of hydrogen-bond acceptors (Lipinski definition) is 5. The Bertz CT molecular complexity index is 509. The average molecular weight is 361 g/mol. The number of carbonyl (C=O) groups excluding carboxylic acids is 1. The highest BCUT2D eigenvalue weighted by atomic mass is 32.2. The molecule has 140 valence electrons. The minimum atomic E-state index is -3.19. The van der Waals surface area contributed by atoms with E-state index in [1.165, 1.54) is 0 Å². The molecule has 0 saturated carbocycles. The molecule has 0 spiro atoms. The number of piperidine rings is 2. The number of hydrogen-bond donors (Lipinski definition) is 1. The lowest BCUT2D eigenvalue weighted by Crippen LogP contribution is -2.45. The van der Waals surface area contributed by atoms with Crippen LogP contribution in [0.5, 0.6) is 0 Å². The molecule has 1 amide bonds. The molecule has 0 aromatic carbocycles. The number of carbonyl (C=O) groups is 1. The molecule has 0 radical (unpaired) electrons. The van der Waals surface area contributed by atoms with Crippen LogP contribution in [-0.4, -0.2) is 87.0 Å². The molecule has 8 heteroatoms. The van der Waals surface area contributed by atoms with Gasteiger partial charge in [0.2, 0.25) is 15.9 Å². The van der Waals surface area contributed by atoms with Gasteiger partial charge in [-0.3, -0.25) is 4.79 Å². The predicted octanol–water partition coefficient (Wildman–Crippen LogP) is -0.0704. The first-order valence-electron chi connectivity index (χ1n) is 8.95. The Hall–Kier alpha value is -0.700. The fourth-order valence-corrected chi connectivity index (χ4v) is 5.09. The van der Waals surface area contributed by atoms with Crippen LogP contribution >= 0.6 is 0 Å². The van der Waals surface area contributed by atoms with Gasteiger partial charge in [0.1, 0.15) is 0 Å². The number of rotatable bonds is 7. The van der Waals surface area contributed by atoms with Crippen molar-refractivity contribution in [3.63, 3.8) is 0 Å². The Labute approximate surface area is 146 Å². The number of nitrogens with two attached hydrogens (primary N) is 1. The van der Waals surface area contributed by atoms with Gasteiger partial charge in [-0.25, -0.2) is 12.7 Å². The lowest BCUT2D eigenvalue weighted by Gasteiger charge is -2.34. The summed E-state index contributed by atoms with van der Waals surface area (Å²) in [4.78, 5) is 15.7. The van der Waals surface area contributed by atoms with Crippen LogP contribution in [0.1, 0.15) is 32.1 Å². The Morgan fingerprint density at radius 2 is 1.71 bits per heavy atom. The Balaban J connectivity index is 1.72. The molecule has 2 N–H and O–H groups in total. The molecule has 0 bridgehead atoms. The summed E-state index contributed by atoms with van der Waals surface area (Å²) in [7, 11) is 0.613. The summed E-state index contributed by atoms with van der Waals surface area (Å²) in [6.07, 6.45) is 4.04. The van der Waals surface area contributed by atoms with Crippen molar-refractivity contribution < 1.29 is 13.2 Å². The SMILES string of the molecule is CN1CCC(N(C)S(=O)(=O)CCCN2CCC(C(N)=O)CC2)CC1. The van der Waals surface area contributed by atoms with E-state index in [-0.39, 0.29) is 23.6 Å². The van der Waals surface area contributed by atoms with Crippen molar-refractivity contribution in [1.29, 1.82) is 0 Å². The minimum Gasteiger partial charge on any atom is -0.369 e. The molecule has 2 heterocycles. The third kappa shape index (κ3) is 5.40. The maximum atomic E-state index is 12.5. The lowest BCUT2D eigenvalue weighted by atomic mass is 9.96. The van der Waals surface area contributed by atoms with E-state index in [4.69, 9.17) is 5.73 Å². The number of sulfonamides is 1. The quantitative estimate of drug-likeness (QED) is 0.687. The second-order valence-corrected chi connectivity index (χ2v) is 9.39. The van der Waals surface area contributed by atoms with Crippen molar-refractivity contribution in [1.82, 2.24) is 14.1 Å². The molecule has 0 aromatic heterocycles. The summed E-state index contributed by atoms with van der Waals surface area (Å²) in [5, 5.41) is 0. The highest BCUT2D eigenvalue weighted by Crippen LogP contribution is 2.19. The summed E-state index contributed by atoms with van der Waals surface area (Å²) >= 11 is 0. The Morgan fingerprint density at radius 1 is 1.12 bits per heavy atom. The van der Waals surface area contributed by atoms with Crippen LogP contribution in [0, 0.1) is 5.92 Å². The maximum absolute atomic E-state index is 12.5. The molecular weight excluding hydrogens is 328 g/mol. The smallest absolute Gasteiger partial charge is 0.220 e.